The van der Waals surface area contributed by atoms with Crippen LogP contribution in [0.2, 0.25) is 0 Å². The fraction of sp³-hybridized carbons (Fsp3) is 0.400. The van der Waals surface area contributed by atoms with Crippen LogP contribution in [0.15, 0.2) is 10.5 Å². The van der Waals surface area contributed by atoms with Crippen molar-refractivity contribution in [3.05, 3.63) is 21.9 Å². The van der Waals surface area contributed by atoms with Gasteiger partial charge in [0, 0.05) is 15.6 Å². The second-order valence-electron chi connectivity index (χ2n) is 3.75. The molecular weight excluding hydrogens is 265 g/mol. The quantitative estimate of drug-likeness (QED) is 0.871. The zero-order chi connectivity index (χ0) is 11.2. The lowest BCUT2D eigenvalue weighted by Gasteiger charge is -2.15. The van der Waals surface area contributed by atoms with Gasteiger partial charge in [-0.2, -0.15) is 0 Å². The lowest BCUT2D eigenvalue weighted by Crippen LogP contribution is -2.21. The summed E-state index contributed by atoms with van der Waals surface area (Å²) in [5.74, 6) is -1.07. The molecule has 1 aliphatic carbocycles. The third-order valence-corrected chi connectivity index (χ3v) is 3.29. The summed E-state index contributed by atoms with van der Waals surface area (Å²) in [6, 6.07) is 1.53. The van der Waals surface area contributed by atoms with Gasteiger partial charge < -0.3 is 15.6 Å². The fourth-order valence-corrected chi connectivity index (χ4v) is 2.36. The number of ether oxygens (including phenoxy) is 1. The largest absolute Gasteiger partial charge is 0.502 e. The highest BCUT2D eigenvalue weighted by atomic mass is 79.9. The second-order valence-corrected chi connectivity index (χ2v) is 4.61. The number of phenols is 1. The Labute approximate surface area is 95.2 Å². The van der Waals surface area contributed by atoms with Gasteiger partial charge in [0.1, 0.15) is 0 Å². The summed E-state index contributed by atoms with van der Waals surface area (Å²) in [6.07, 6.45) is 1.46. The Kier molecular flexibility index (Phi) is 2.39. The smallest absolute Gasteiger partial charge is 0.194 e. The van der Waals surface area contributed by atoms with Gasteiger partial charge in [0.2, 0.25) is 0 Å². The van der Waals surface area contributed by atoms with Crippen LogP contribution >= 0.6 is 15.9 Å². The SMILES string of the molecule is COc1cc(Br)c(C2(N)CC2)c(F)c1O. The number of methoxy groups -OCH3 is 1. The average molecular weight is 276 g/mol. The summed E-state index contributed by atoms with van der Waals surface area (Å²) in [5, 5.41) is 9.52. The molecule has 15 heavy (non-hydrogen) atoms. The predicted molar refractivity (Wildman–Crippen MR) is 57.4 cm³/mol. The molecule has 1 aliphatic rings. The molecule has 0 aliphatic heterocycles. The first-order valence-electron chi connectivity index (χ1n) is 4.54. The topological polar surface area (TPSA) is 55.5 Å². The van der Waals surface area contributed by atoms with E-state index < -0.39 is 17.1 Å². The highest BCUT2D eigenvalue weighted by molar-refractivity contribution is 9.10. The molecule has 0 radical (unpaired) electrons. The number of aromatic hydroxyl groups is 1. The van der Waals surface area contributed by atoms with Crippen molar-refractivity contribution in [2.45, 2.75) is 18.4 Å². The lowest BCUT2D eigenvalue weighted by molar-refractivity contribution is 0.353. The Hall–Kier alpha value is -0.810. The van der Waals surface area contributed by atoms with E-state index in [0.29, 0.717) is 10.0 Å². The Bertz CT molecular complexity index is 418. The minimum atomic E-state index is -0.693. The minimum Gasteiger partial charge on any atom is -0.502 e. The first-order valence-corrected chi connectivity index (χ1v) is 5.33. The van der Waals surface area contributed by atoms with Gasteiger partial charge in [0.15, 0.2) is 17.3 Å². The van der Waals surface area contributed by atoms with Gasteiger partial charge in [0.25, 0.3) is 0 Å². The maximum absolute atomic E-state index is 13.8. The van der Waals surface area contributed by atoms with Crippen LogP contribution in [0, 0.1) is 5.82 Å². The van der Waals surface area contributed by atoms with Crippen LogP contribution in [0.4, 0.5) is 4.39 Å². The second kappa shape index (κ2) is 3.35. The van der Waals surface area contributed by atoms with Crippen molar-refractivity contribution < 1.29 is 14.2 Å². The molecule has 0 bridgehead atoms. The zero-order valence-electron chi connectivity index (χ0n) is 8.18. The lowest BCUT2D eigenvalue weighted by atomic mass is 10.0. The van der Waals surface area contributed by atoms with Crippen molar-refractivity contribution in [3.63, 3.8) is 0 Å². The van der Waals surface area contributed by atoms with Crippen LogP contribution in [0.5, 0.6) is 11.5 Å². The fourth-order valence-electron chi connectivity index (χ4n) is 1.58. The van der Waals surface area contributed by atoms with Crippen molar-refractivity contribution in [1.82, 2.24) is 0 Å². The molecule has 82 valence electrons. The van der Waals surface area contributed by atoms with Crippen LogP contribution in [0.25, 0.3) is 0 Å². The van der Waals surface area contributed by atoms with Crippen molar-refractivity contribution in [2.75, 3.05) is 7.11 Å². The molecule has 1 fully saturated rings. The molecule has 3 N–H and O–H groups in total. The summed E-state index contributed by atoms with van der Waals surface area (Å²) >= 11 is 3.24. The number of rotatable bonds is 2. The van der Waals surface area contributed by atoms with Crippen molar-refractivity contribution in [3.8, 4) is 11.5 Å². The molecular formula is C10H11BrFNO2. The summed E-state index contributed by atoms with van der Waals surface area (Å²) in [7, 11) is 1.37. The van der Waals surface area contributed by atoms with Crippen molar-refractivity contribution in [1.29, 1.82) is 0 Å². The summed E-state index contributed by atoms with van der Waals surface area (Å²) in [6.45, 7) is 0. The molecule has 0 saturated heterocycles. The van der Waals surface area contributed by atoms with E-state index in [1.165, 1.54) is 13.2 Å². The molecule has 1 aromatic carbocycles. The molecule has 0 spiro atoms. The van der Waals surface area contributed by atoms with Crippen molar-refractivity contribution >= 4 is 15.9 Å². The number of benzene rings is 1. The number of phenolic OH excluding ortho intramolecular Hbond substituents is 1. The summed E-state index contributed by atoms with van der Waals surface area (Å²) in [4.78, 5) is 0. The molecule has 0 aromatic heterocycles. The molecule has 1 aromatic rings. The number of hydrogen-bond donors (Lipinski definition) is 2. The first kappa shape index (κ1) is 10.7. The molecule has 0 heterocycles. The van der Waals surface area contributed by atoms with E-state index in [1.54, 1.807) is 0 Å². The Morgan fingerprint density at radius 1 is 1.60 bits per heavy atom. The van der Waals surface area contributed by atoms with E-state index in [0.717, 1.165) is 12.8 Å². The molecule has 3 nitrogen and oxygen atoms in total. The van der Waals surface area contributed by atoms with E-state index in [-0.39, 0.29) is 5.75 Å². The molecule has 1 saturated carbocycles. The van der Waals surface area contributed by atoms with E-state index in [1.807, 2.05) is 0 Å². The maximum atomic E-state index is 13.8. The monoisotopic (exact) mass is 275 g/mol. The molecule has 0 amide bonds. The number of nitrogens with two attached hydrogens (primary N) is 1. The highest BCUT2D eigenvalue weighted by Crippen LogP contribution is 2.50. The van der Waals surface area contributed by atoms with E-state index in [2.05, 4.69) is 15.9 Å². The van der Waals surface area contributed by atoms with Crippen molar-refractivity contribution in [2.24, 2.45) is 5.73 Å². The molecule has 0 atom stereocenters. The summed E-state index contributed by atoms with van der Waals surface area (Å²) < 4.78 is 19.2. The Balaban J connectivity index is 2.61. The van der Waals surface area contributed by atoms with Gasteiger partial charge in [-0.05, 0) is 18.9 Å². The van der Waals surface area contributed by atoms with Crippen LogP contribution in [-0.2, 0) is 5.54 Å². The number of hydrogen-bond acceptors (Lipinski definition) is 3. The van der Waals surface area contributed by atoms with E-state index in [9.17, 15) is 9.50 Å². The first-order chi connectivity index (χ1) is 6.99. The standard InChI is InChI=1S/C10H11BrFNO2/c1-15-6-4-5(11)7(8(12)9(6)14)10(13)2-3-10/h4,14H,2-3,13H2,1H3. The molecule has 2 rings (SSSR count). The third-order valence-electron chi connectivity index (χ3n) is 2.66. The molecule has 0 unspecified atom stereocenters. The maximum Gasteiger partial charge on any atom is 0.194 e. The van der Waals surface area contributed by atoms with E-state index in [4.69, 9.17) is 10.5 Å². The Morgan fingerprint density at radius 3 is 2.67 bits per heavy atom. The molecule has 5 heteroatoms. The third kappa shape index (κ3) is 1.59. The van der Waals surface area contributed by atoms with Crippen LogP contribution in [0.1, 0.15) is 18.4 Å². The van der Waals surface area contributed by atoms with Gasteiger partial charge in [-0.3, -0.25) is 0 Å². The number of halogens is 2. The Morgan fingerprint density at radius 2 is 2.20 bits per heavy atom. The van der Waals surface area contributed by atoms with Gasteiger partial charge >= 0.3 is 0 Å². The van der Waals surface area contributed by atoms with Gasteiger partial charge in [-0.25, -0.2) is 4.39 Å². The van der Waals surface area contributed by atoms with Gasteiger partial charge in [-0.15, -0.1) is 0 Å². The van der Waals surface area contributed by atoms with Gasteiger partial charge in [-0.1, -0.05) is 15.9 Å². The minimum absolute atomic E-state index is 0.104. The van der Waals surface area contributed by atoms with E-state index >= 15 is 0 Å². The average Bonchev–Trinajstić information content (AvgIpc) is 2.91. The van der Waals surface area contributed by atoms with Gasteiger partial charge in [0.05, 0.1) is 7.11 Å². The predicted octanol–water partition coefficient (Wildman–Crippen LogP) is 2.25. The van der Waals surface area contributed by atoms with Crippen LogP contribution < -0.4 is 10.5 Å². The summed E-state index contributed by atoms with van der Waals surface area (Å²) in [5.41, 5.74) is 5.61. The highest BCUT2D eigenvalue weighted by Gasteiger charge is 2.44. The normalized spacial score (nSPS) is 17.6. The van der Waals surface area contributed by atoms with Crippen LogP contribution in [0.3, 0.4) is 0 Å². The zero-order valence-corrected chi connectivity index (χ0v) is 9.77. The van der Waals surface area contributed by atoms with Crippen LogP contribution in [-0.4, -0.2) is 12.2 Å².